The van der Waals surface area contributed by atoms with E-state index in [1.54, 1.807) is 11.6 Å². The van der Waals surface area contributed by atoms with Crippen molar-refractivity contribution in [2.24, 2.45) is 7.05 Å². The minimum atomic E-state index is -0.171. The summed E-state index contributed by atoms with van der Waals surface area (Å²) in [6, 6.07) is 15.2. The molecule has 0 bridgehead atoms. The fourth-order valence-electron chi connectivity index (χ4n) is 2.87. The summed E-state index contributed by atoms with van der Waals surface area (Å²) in [6.07, 6.45) is 0.105. The number of rotatable bonds is 7. The second kappa shape index (κ2) is 9.38. The molecule has 0 aliphatic heterocycles. The van der Waals surface area contributed by atoms with E-state index in [-0.39, 0.29) is 24.0 Å². The average Bonchev–Trinajstić information content (AvgIpc) is 2.99. The van der Waals surface area contributed by atoms with Crippen molar-refractivity contribution in [3.63, 3.8) is 0 Å². The highest BCUT2D eigenvalue weighted by Crippen LogP contribution is 2.18. The molecule has 0 saturated carbocycles. The SMILES string of the molecule is Cc1cc(C)cc(NC(=O)CSc2nnc(CC(=O)Nc3ccccc3)n2C)c1. The van der Waals surface area contributed by atoms with E-state index in [1.165, 1.54) is 11.8 Å². The van der Waals surface area contributed by atoms with Gasteiger partial charge in [0.25, 0.3) is 0 Å². The number of hydrogen-bond donors (Lipinski definition) is 2. The monoisotopic (exact) mass is 409 g/mol. The van der Waals surface area contributed by atoms with Gasteiger partial charge in [0, 0.05) is 18.4 Å². The van der Waals surface area contributed by atoms with Gasteiger partial charge >= 0.3 is 0 Å². The molecule has 0 saturated heterocycles. The van der Waals surface area contributed by atoms with E-state index in [0.29, 0.717) is 11.0 Å². The fraction of sp³-hybridized carbons (Fsp3) is 0.238. The third kappa shape index (κ3) is 5.92. The van der Waals surface area contributed by atoms with Crippen LogP contribution in [-0.2, 0) is 23.1 Å². The van der Waals surface area contributed by atoms with E-state index in [0.717, 1.165) is 22.5 Å². The van der Waals surface area contributed by atoms with Gasteiger partial charge in [-0.25, -0.2) is 0 Å². The topological polar surface area (TPSA) is 88.9 Å². The summed E-state index contributed by atoms with van der Waals surface area (Å²) in [7, 11) is 1.79. The molecule has 29 heavy (non-hydrogen) atoms. The molecule has 0 spiro atoms. The Bertz CT molecular complexity index is 997. The first kappa shape index (κ1) is 20.6. The number of para-hydroxylation sites is 1. The average molecular weight is 410 g/mol. The van der Waals surface area contributed by atoms with Crippen molar-refractivity contribution in [1.82, 2.24) is 14.8 Å². The lowest BCUT2D eigenvalue weighted by Gasteiger charge is -2.08. The molecule has 0 fully saturated rings. The van der Waals surface area contributed by atoms with Crippen molar-refractivity contribution < 1.29 is 9.59 Å². The lowest BCUT2D eigenvalue weighted by atomic mass is 10.1. The second-order valence-corrected chi connectivity index (χ2v) is 7.70. The zero-order chi connectivity index (χ0) is 20.8. The summed E-state index contributed by atoms with van der Waals surface area (Å²) < 4.78 is 1.74. The largest absolute Gasteiger partial charge is 0.326 e. The van der Waals surface area contributed by atoms with Gasteiger partial charge in [-0.3, -0.25) is 9.59 Å². The van der Waals surface area contributed by atoms with Gasteiger partial charge in [0.2, 0.25) is 11.8 Å². The van der Waals surface area contributed by atoms with Crippen molar-refractivity contribution in [3.8, 4) is 0 Å². The first-order valence-electron chi connectivity index (χ1n) is 9.15. The Morgan fingerprint density at radius 3 is 2.28 bits per heavy atom. The number of thioether (sulfide) groups is 1. The van der Waals surface area contributed by atoms with Crippen molar-refractivity contribution >= 4 is 35.0 Å². The Morgan fingerprint density at radius 1 is 0.931 bits per heavy atom. The molecule has 3 aromatic rings. The predicted octanol–water partition coefficient (Wildman–Crippen LogP) is 3.34. The third-order valence-corrected chi connectivity index (χ3v) is 5.16. The number of carbonyl (C=O) groups is 2. The van der Waals surface area contributed by atoms with E-state index in [4.69, 9.17) is 0 Å². The van der Waals surface area contributed by atoms with Gasteiger partial charge in [0.15, 0.2) is 5.16 Å². The Hall–Kier alpha value is -3.13. The van der Waals surface area contributed by atoms with Crippen LogP contribution in [0.25, 0.3) is 0 Å². The quantitative estimate of drug-likeness (QED) is 0.584. The lowest BCUT2D eigenvalue weighted by Crippen LogP contribution is -2.17. The highest BCUT2D eigenvalue weighted by molar-refractivity contribution is 7.99. The number of hydrogen-bond acceptors (Lipinski definition) is 5. The van der Waals surface area contributed by atoms with E-state index in [1.807, 2.05) is 56.3 Å². The maximum Gasteiger partial charge on any atom is 0.234 e. The number of aromatic nitrogens is 3. The number of amides is 2. The molecule has 0 aliphatic carbocycles. The predicted molar refractivity (Wildman–Crippen MR) is 115 cm³/mol. The van der Waals surface area contributed by atoms with Crippen LogP contribution in [0.15, 0.2) is 53.7 Å². The van der Waals surface area contributed by atoms with Crippen molar-refractivity contribution in [3.05, 3.63) is 65.5 Å². The lowest BCUT2D eigenvalue weighted by molar-refractivity contribution is -0.116. The summed E-state index contributed by atoms with van der Waals surface area (Å²) in [6.45, 7) is 3.98. The summed E-state index contributed by atoms with van der Waals surface area (Å²) in [4.78, 5) is 24.5. The van der Waals surface area contributed by atoms with Crippen LogP contribution in [0.3, 0.4) is 0 Å². The zero-order valence-corrected chi connectivity index (χ0v) is 17.4. The van der Waals surface area contributed by atoms with E-state index >= 15 is 0 Å². The minimum Gasteiger partial charge on any atom is -0.326 e. The van der Waals surface area contributed by atoms with Crippen LogP contribution < -0.4 is 10.6 Å². The molecule has 3 rings (SSSR count). The second-order valence-electron chi connectivity index (χ2n) is 6.76. The van der Waals surface area contributed by atoms with E-state index in [2.05, 4.69) is 26.9 Å². The molecule has 0 aliphatic rings. The number of nitrogens with zero attached hydrogens (tertiary/aromatic N) is 3. The smallest absolute Gasteiger partial charge is 0.234 e. The van der Waals surface area contributed by atoms with Crippen LogP contribution in [0.1, 0.15) is 17.0 Å². The Kier molecular flexibility index (Phi) is 6.66. The van der Waals surface area contributed by atoms with Crippen LogP contribution in [0, 0.1) is 13.8 Å². The molecule has 1 aromatic heterocycles. The fourth-order valence-corrected chi connectivity index (χ4v) is 3.60. The third-order valence-electron chi connectivity index (χ3n) is 4.14. The molecule has 2 amide bonds. The zero-order valence-electron chi connectivity index (χ0n) is 16.6. The molecule has 8 heteroatoms. The van der Waals surface area contributed by atoms with Gasteiger partial charge in [-0.05, 0) is 49.2 Å². The van der Waals surface area contributed by atoms with E-state index < -0.39 is 0 Å². The van der Waals surface area contributed by atoms with Gasteiger partial charge < -0.3 is 15.2 Å². The number of carbonyl (C=O) groups excluding carboxylic acids is 2. The van der Waals surface area contributed by atoms with Crippen molar-refractivity contribution in [1.29, 1.82) is 0 Å². The first-order valence-corrected chi connectivity index (χ1v) is 10.1. The van der Waals surface area contributed by atoms with Crippen LogP contribution in [0.5, 0.6) is 0 Å². The molecular formula is C21H23N5O2S. The molecular weight excluding hydrogens is 386 g/mol. The van der Waals surface area contributed by atoms with Crippen molar-refractivity contribution in [2.45, 2.75) is 25.4 Å². The van der Waals surface area contributed by atoms with Crippen LogP contribution in [0.2, 0.25) is 0 Å². The highest BCUT2D eigenvalue weighted by Gasteiger charge is 2.14. The van der Waals surface area contributed by atoms with Crippen LogP contribution in [-0.4, -0.2) is 32.3 Å². The highest BCUT2D eigenvalue weighted by atomic mass is 32.2. The Balaban J connectivity index is 1.53. The minimum absolute atomic E-state index is 0.105. The number of benzene rings is 2. The van der Waals surface area contributed by atoms with Crippen LogP contribution in [0.4, 0.5) is 11.4 Å². The molecule has 1 heterocycles. The van der Waals surface area contributed by atoms with Gasteiger partial charge in [0.05, 0.1) is 12.2 Å². The summed E-state index contributed by atoms with van der Waals surface area (Å²) in [5, 5.41) is 14.5. The molecule has 2 aromatic carbocycles. The maximum absolute atomic E-state index is 12.3. The van der Waals surface area contributed by atoms with Gasteiger partial charge in [-0.15, -0.1) is 10.2 Å². The standard InChI is InChI=1S/C21H23N5O2S/c1-14-9-15(2)11-17(10-14)23-20(28)13-29-21-25-24-18(26(21)3)12-19(27)22-16-7-5-4-6-8-16/h4-11H,12-13H2,1-3H3,(H,22,27)(H,23,28). The number of anilines is 2. The van der Waals surface area contributed by atoms with Gasteiger partial charge in [-0.1, -0.05) is 36.0 Å². The van der Waals surface area contributed by atoms with Gasteiger partial charge in [0.1, 0.15) is 5.82 Å². The summed E-state index contributed by atoms with van der Waals surface area (Å²) >= 11 is 1.28. The number of aryl methyl sites for hydroxylation is 2. The van der Waals surface area contributed by atoms with Gasteiger partial charge in [-0.2, -0.15) is 0 Å². The summed E-state index contributed by atoms with van der Waals surface area (Å²) in [5.74, 6) is 0.452. The molecule has 0 unspecified atom stereocenters. The normalized spacial score (nSPS) is 10.6. The van der Waals surface area contributed by atoms with Crippen LogP contribution >= 0.6 is 11.8 Å². The Labute approximate surface area is 173 Å². The van der Waals surface area contributed by atoms with Crippen molar-refractivity contribution in [2.75, 3.05) is 16.4 Å². The maximum atomic E-state index is 12.3. The first-order chi connectivity index (χ1) is 13.9. The molecule has 7 nitrogen and oxygen atoms in total. The number of nitrogens with one attached hydrogen (secondary N) is 2. The van der Waals surface area contributed by atoms with E-state index in [9.17, 15) is 9.59 Å². The Morgan fingerprint density at radius 2 is 1.59 bits per heavy atom. The molecule has 150 valence electrons. The molecule has 0 radical (unpaired) electrons. The molecule has 0 atom stereocenters. The molecule has 2 N–H and O–H groups in total. The summed E-state index contributed by atoms with van der Waals surface area (Å²) in [5.41, 5.74) is 3.71.